The van der Waals surface area contributed by atoms with Crippen molar-refractivity contribution in [2.24, 2.45) is 23.5 Å². The monoisotopic (exact) mass is 310 g/mol. The van der Waals surface area contributed by atoms with Crippen molar-refractivity contribution in [1.29, 1.82) is 0 Å². The van der Waals surface area contributed by atoms with Crippen LogP contribution in [0.2, 0.25) is 0 Å². The molecule has 0 aromatic rings. The number of nitrogens with zero attached hydrogens (tertiary/aromatic N) is 1. The van der Waals surface area contributed by atoms with Gasteiger partial charge in [0.25, 0.3) is 0 Å². The van der Waals surface area contributed by atoms with Crippen LogP contribution < -0.4 is 5.73 Å². The molecule has 1 unspecified atom stereocenters. The van der Waals surface area contributed by atoms with Crippen molar-refractivity contribution in [1.82, 2.24) is 4.90 Å². The maximum Gasteiger partial charge on any atom is 0.391 e. The lowest BCUT2D eigenvalue weighted by Crippen LogP contribution is -2.40. The third kappa shape index (κ3) is 4.61. The average molecular weight is 310 g/mol. The van der Waals surface area contributed by atoms with E-state index in [1.54, 1.807) is 7.05 Å². The molecule has 1 amide bonds. The van der Waals surface area contributed by atoms with Crippen LogP contribution in [0.5, 0.6) is 0 Å². The molecule has 20 heavy (non-hydrogen) atoms. The van der Waals surface area contributed by atoms with Crippen molar-refractivity contribution in [3.8, 4) is 0 Å². The molecule has 0 heterocycles. The van der Waals surface area contributed by atoms with Crippen LogP contribution >= 0.6 is 12.2 Å². The van der Waals surface area contributed by atoms with Crippen LogP contribution in [-0.4, -0.2) is 35.6 Å². The highest BCUT2D eigenvalue weighted by molar-refractivity contribution is 7.80. The van der Waals surface area contributed by atoms with Gasteiger partial charge in [-0.25, -0.2) is 0 Å². The van der Waals surface area contributed by atoms with Crippen molar-refractivity contribution in [2.45, 2.75) is 38.8 Å². The zero-order valence-electron chi connectivity index (χ0n) is 11.7. The van der Waals surface area contributed by atoms with E-state index in [9.17, 15) is 18.0 Å². The topological polar surface area (TPSA) is 46.3 Å². The minimum atomic E-state index is -4.14. The minimum Gasteiger partial charge on any atom is -0.393 e. The van der Waals surface area contributed by atoms with Crippen LogP contribution in [-0.2, 0) is 4.79 Å². The molecule has 1 saturated carbocycles. The molecule has 1 atom stereocenters. The molecule has 2 N–H and O–H groups in total. The number of hydrogen-bond acceptors (Lipinski definition) is 2. The fraction of sp³-hybridized carbons (Fsp3) is 0.846. The molecule has 3 nitrogen and oxygen atoms in total. The Bertz CT molecular complexity index is 365. The van der Waals surface area contributed by atoms with Gasteiger partial charge in [-0.05, 0) is 25.7 Å². The molecule has 0 aromatic heterocycles. The van der Waals surface area contributed by atoms with E-state index < -0.39 is 12.1 Å². The van der Waals surface area contributed by atoms with Crippen molar-refractivity contribution in [3.05, 3.63) is 0 Å². The zero-order chi connectivity index (χ0) is 15.5. The number of nitrogens with two attached hydrogens (primary N) is 1. The average Bonchev–Trinajstić information content (AvgIpc) is 2.36. The Kier molecular flexibility index (Phi) is 5.79. The molecular formula is C13H21F3N2OS. The highest BCUT2D eigenvalue weighted by Gasteiger charge is 2.42. The highest BCUT2D eigenvalue weighted by Crippen LogP contribution is 2.39. The third-order valence-electron chi connectivity index (χ3n) is 3.95. The Balaban J connectivity index is 2.48. The van der Waals surface area contributed by atoms with Gasteiger partial charge >= 0.3 is 6.18 Å². The van der Waals surface area contributed by atoms with Crippen LogP contribution in [0.1, 0.15) is 32.6 Å². The molecule has 1 aliphatic carbocycles. The smallest absolute Gasteiger partial charge is 0.391 e. The first kappa shape index (κ1) is 17.2. The number of amides is 1. The maximum atomic E-state index is 12.6. The van der Waals surface area contributed by atoms with Gasteiger partial charge in [0.15, 0.2) is 0 Å². The SMILES string of the molecule is CC(CN(C)C(=O)C1CCC(C(F)(F)F)CC1)C(N)=S. The second-order valence-corrected chi connectivity index (χ2v) is 6.08. The van der Waals surface area contributed by atoms with Crippen LogP contribution in [0.25, 0.3) is 0 Å². The fourth-order valence-electron chi connectivity index (χ4n) is 2.57. The quantitative estimate of drug-likeness (QED) is 0.812. The molecule has 0 spiro atoms. The van der Waals surface area contributed by atoms with Gasteiger partial charge < -0.3 is 10.6 Å². The van der Waals surface area contributed by atoms with E-state index in [0.717, 1.165) is 0 Å². The lowest BCUT2D eigenvalue weighted by atomic mass is 9.81. The van der Waals surface area contributed by atoms with Gasteiger partial charge in [-0.2, -0.15) is 13.2 Å². The molecule has 0 bridgehead atoms. The van der Waals surface area contributed by atoms with Crippen molar-refractivity contribution >= 4 is 23.1 Å². The standard InChI is InChI=1S/C13H21F3N2OS/c1-8(11(17)20)7-18(2)12(19)9-3-5-10(6-4-9)13(14,15)16/h8-10H,3-7H2,1-2H3,(H2,17,20). The Hall–Kier alpha value is -0.850. The second-order valence-electron chi connectivity index (χ2n) is 5.61. The Morgan fingerprint density at radius 1 is 1.35 bits per heavy atom. The van der Waals surface area contributed by atoms with E-state index in [4.69, 9.17) is 18.0 Å². The van der Waals surface area contributed by atoms with Crippen molar-refractivity contribution in [3.63, 3.8) is 0 Å². The summed E-state index contributed by atoms with van der Waals surface area (Å²) >= 11 is 4.85. The summed E-state index contributed by atoms with van der Waals surface area (Å²) in [4.78, 5) is 14.0. The number of carbonyl (C=O) groups excluding carboxylic acids is 1. The van der Waals surface area contributed by atoms with Crippen LogP contribution in [0.4, 0.5) is 13.2 Å². The Morgan fingerprint density at radius 3 is 2.25 bits per heavy atom. The van der Waals surface area contributed by atoms with Gasteiger partial charge in [0, 0.05) is 25.4 Å². The van der Waals surface area contributed by atoms with Crippen LogP contribution in [0.15, 0.2) is 0 Å². The van der Waals surface area contributed by atoms with Crippen LogP contribution in [0, 0.1) is 17.8 Å². The lowest BCUT2D eigenvalue weighted by Gasteiger charge is -2.32. The lowest BCUT2D eigenvalue weighted by molar-refractivity contribution is -0.185. The number of rotatable bonds is 4. The normalized spacial score (nSPS) is 25.1. The van der Waals surface area contributed by atoms with Gasteiger partial charge in [0.05, 0.1) is 10.9 Å². The summed E-state index contributed by atoms with van der Waals surface area (Å²) in [7, 11) is 1.65. The summed E-state index contributed by atoms with van der Waals surface area (Å²) in [6, 6.07) is 0. The molecule has 1 aliphatic rings. The summed E-state index contributed by atoms with van der Waals surface area (Å²) in [5.41, 5.74) is 5.50. The molecule has 0 aliphatic heterocycles. The van der Waals surface area contributed by atoms with E-state index >= 15 is 0 Å². The van der Waals surface area contributed by atoms with E-state index in [2.05, 4.69) is 0 Å². The molecule has 116 valence electrons. The van der Waals surface area contributed by atoms with Gasteiger partial charge in [-0.1, -0.05) is 19.1 Å². The number of hydrogen-bond donors (Lipinski definition) is 1. The molecule has 0 saturated heterocycles. The second kappa shape index (κ2) is 6.74. The zero-order valence-corrected chi connectivity index (χ0v) is 12.6. The van der Waals surface area contributed by atoms with Gasteiger partial charge in [-0.15, -0.1) is 0 Å². The molecular weight excluding hydrogens is 289 g/mol. The number of alkyl halides is 3. The number of thiocarbonyl (C=S) groups is 1. The summed E-state index contributed by atoms with van der Waals surface area (Å²) in [5.74, 6) is -1.76. The Morgan fingerprint density at radius 2 is 1.85 bits per heavy atom. The predicted octanol–water partition coefficient (Wildman–Crippen LogP) is 2.74. The highest BCUT2D eigenvalue weighted by atomic mass is 32.1. The predicted molar refractivity (Wildman–Crippen MR) is 75.1 cm³/mol. The van der Waals surface area contributed by atoms with Crippen LogP contribution in [0.3, 0.4) is 0 Å². The summed E-state index contributed by atoms with van der Waals surface area (Å²) in [6.07, 6.45) is -3.46. The number of carbonyl (C=O) groups is 1. The first-order valence-corrected chi connectivity index (χ1v) is 7.14. The maximum absolute atomic E-state index is 12.6. The third-order valence-corrected chi connectivity index (χ3v) is 4.35. The molecule has 0 radical (unpaired) electrons. The summed E-state index contributed by atoms with van der Waals surface area (Å²) < 4.78 is 37.7. The first-order valence-electron chi connectivity index (χ1n) is 6.74. The fourth-order valence-corrected chi connectivity index (χ4v) is 2.64. The largest absolute Gasteiger partial charge is 0.393 e. The van der Waals surface area contributed by atoms with E-state index in [0.29, 0.717) is 24.4 Å². The summed E-state index contributed by atoms with van der Waals surface area (Å²) in [6.45, 7) is 2.24. The minimum absolute atomic E-state index is 0.0403. The van der Waals surface area contributed by atoms with E-state index in [-0.39, 0.29) is 30.6 Å². The Labute approximate surface area is 122 Å². The molecule has 1 fully saturated rings. The van der Waals surface area contributed by atoms with Gasteiger partial charge in [0.1, 0.15) is 0 Å². The first-order chi connectivity index (χ1) is 9.12. The molecule has 1 rings (SSSR count). The molecule has 7 heteroatoms. The van der Waals surface area contributed by atoms with E-state index in [1.807, 2.05) is 6.92 Å². The van der Waals surface area contributed by atoms with Crippen molar-refractivity contribution in [2.75, 3.05) is 13.6 Å². The number of halogens is 3. The van der Waals surface area contributed by atoms with Crippen molar-refractivity contribution < 1.29 is 18.0 Å². The van der Waals surface area contributed by atoms with Gasteiger partial charge in [-0.3, -0.25) is 4.79 Å². The summed E-state index contributed by atoms with van der Waals surface area (Å²) in [5, 5.41) is 0. The van der Waals surface area contributed by atoms with E-state index in [1.165, 1.54) is 4.90 Å². The molecule has 0 aromatic carbocycles. The van der Waals surface area contributed by atoms with Gasteiger partial charge in [0.2, 0.25) is 5.91 Å².